The molecule has 8 nitrogen and oxygen atoms in total. The highest BCUT2D eigenvalue weighted by atomic mass is 19.1. The average Bonchev–Trinajstić information content (AvgIpc) is 3.60. The van der Waals surface area contributed by atoms with Gasteiger partial charge in [-0.05, 0) is 68.9 Å². The average molecular weight is 562 g/mol. The molecule has 0 aliphatic carbocycles. The molecular formula is C31H37F2N7O. The molecule has 4 aromatic rings. The smallest absolute Gasteiger partial charge is 0.229 e. The molecular weight excluding hydrogens is 524 g/mol. The molecule has 0 bridgehead atoms. The third kappa shape index (κ3) is 6.11. The van der Waals surface area contributed by atoms with Crippen LogP contribution < -0.4 is 5.32 Å². The fourth-order valence-corrected chi connectivity index (χ4v) is 5.72. The quantitative estimate of drug-likeness (QED) is 0.334. The van der Waals surface area contributed by atoms with Gasteiger partial charge < -0.3 is 19.5 Å². The molecule has 1 N–H and O–H groups in total. The maximum Gasteiger partial charge on any atom is 0.229 e. The summed E-state index contributed by atoms with van der Waals surface area (Å²) in [4.78, 5) is 16.0. The number of anilines is 2. The number of likely N-dealkylation sites (N-methyl/N-ethyl adjacent to an activating group) is 1. The predicted molar refractivity (Wildman–Crippen MR) is 157 cm³/mol. The van der Waals surface area contributed by atoms with E-state index in [1.54, 1.807) is 17.0 Å². The van der Waals surface area contributed by atoms with E-state index in [0.29, 0.717) is 49.6 Å². The number of aromatic nitrogens is 3. The molecule has 0 saturated carbocycles. The van der Waals surface area contributed by atoms with Crippen LogP contribution in [0.2, 0.25) is 0 Å². The molecule has 2 aromatic heterocycles. The van der Waals surface area contributed by atoms with E-state index in [9.17, 15) is 0 Å². The zero-order valence-corrected chi connectivity index (χ0v) is 23.9. The lowest BCUT2D eigenvalue weighted by atomic mass is 10.1. The molecule has 1 unspecified atom stereocenters. The largest absolute Gasteiger partial charge is 0.379 e. The van der Waals surface area contributed by atoms with Gasteiger partial charge in [-0.1, -0.05) is 6.07 Å². The zero-order chi connectivity index (χ0) is 28.5. The van der Waals surface area contributed by atoms with Crippen LogP contribution in [0.4, 0.5) is 20.4 Å². The van der Waals surface area contributed by atoms with Gasteiger partial charge in [0.25, 0.3) is 0 Å². The molecule has 216 valence electrons. The van der Waals surface area contributed by atoms with Gasteiger partial charge in [0.1, 0.15) is 17.3 Å². The number of fused-ring (bicyclic) bond motifs is 1. The van der Waals surface area contributed by atoms with Crippen molar-refractivity contribution in [1.82, 2.24) is 29.2 Å². The number of aryl methyl sites for hydroxylation is 1. The lowest BCUT2D eigenvalue weighted by Gasteiger charge is -2.27. The number of ether oxygens (including phenoxy) is 1. The standard InChI is InChI=1S/C31H37F2N7O/c1-21-4-5-24(14-23(21)18-39-8-7-25(19-39)37(2)3)35-31-34-17-22-6-9-40(30(22)36-31)26-15-28(32)27(29(33)16-26)20-38-10-12-41-13-11-38/h4-6,9,14-17,25H,7-8,10-13,18-20H2,1-3H3,(H,34,35,36). The van der Waals surface area contributed by atoms with Crippen molar-refractivity contribution in [1.29, 1.82) is 0 Å². The van der Waals surface area contributed by atoms with E-state index in [4.69, 9.17) is 9.72 Å². The monoisotopic (exact) mass is 561 g/mol. The number of likely N-dealkylation sites (tertiary alicyclic amines) is 1. The van der Waals surface area contributed by atoms with Gasteiger partial charge in [-0.25, -0.2) is 13.8 Å². The molecule has 0 spiro atoms. The van der Waals surface area contributed by atoms with E-state index in [2.05, 4.69) is 53.3 Å². The maximum atomic E-state index is 15.1. The van der Waals surface area contributed by atoms with Crippen molar-refractivity contribution in [2.45, 2.75) is 32.5 Å². The number of benzene rings is 2. The van der Waals surface area contributed by atoms with Crippen LogP contribution in [0.1, 0.15) is 23.1 Å². The molecule has 2 aliphatic rings. The normalized spacial score (nSPS) is 18.5. The van der Waals surface area contributed by atoms with E-state index in [1.807, 2.05) is 17.0 Å². The van der Waals surface area contributed by atoms with Gasteiger partial charge in [0, 0.05) is 74.3 Å². The molecule has 0 radical (unpaired) electrons. The fourth-order valence-electron chi connectivity index (χ4n) is 5.72. The van der Waals surface area contributed by atoms with Crippen LogP contribution in [0, 0.1) is 18.6 Å². The van der Waals surface area contributed by atoms with Gasteiger partial charge in [0.15, 0.2) is 0 Å². The summed E-state index contributed by atoms with van der Waals surface area (Å²) in [5.41, 5.74) is 4.43. The minimum Gasteiger partial charge on any atom is -0.379 e. The summed E-state index contributed by atoms with van der Waals surface area (Å²) >= 11 is 0. The number of rotatable bonds is 8. The van der Waals surface area contributed by atoms with Gasteiger partial charge in [0.2, 0.25) is 5.95 Å². The summed E-state index contributed by atoms with van der Waals surface area (Å²) in [6, 6.07) is 11.5. The Morgan fingerprint density at radius 1 is 1.00 bits per heavy atom. The molecule has 1 atom stereocenters. The summed E-state index contributed by atoms with van der Waals surface area (Å²) < 4.78 is 37.3. The molecule has 2 aliphatic heterocycles. The van der Waals surface area contributed by atoms with E-state index in [1.165, 1.54) is 29.7 Å². The topological polar surface area (TPSA) is 61.7 Å². The third-order valence-corrected chi connectivity index (χ3v) is 8.29. The summed E-state index contributed by atoms with van der Waals surface area (Å²) in [7, 11) is 4.29. The number of hydrogen-bond acceptors (Lipinski definition) is 7. The Morgan fingerprint density at radius 2 is 1.78 bits per heavy atom. The van der Waals surface area contributed by atoms with E-state index in [-0.39, 0.29) is 12.1 Å². The fraction of sp³-hybridized carbons (Fsp3) is 0.419. The van der Waals surface area contributed by atoms with Crippen molar-refractivity contribution >= 4 is 22.7 Å². The zero-order valence-electron chi connectivity index (χ0n) is 23.9. The van der Waals surface area contributed by atoms with Crippen LogP contribution in [0.3, 0.4) is 0 Å². The van der Waals surface area contributed by atoms with E-state index >= 15 is 8.78 Å². The highest BCUT2D eigenvalue weighted by Gasteiger charge is 2.24. The minimum atomic E-state index is -0.567. The first-order valence-electron chi connectivity index (χ1n) is 14.2. The second kappa shape index (κ2) is 11.8. The van der Waals surface area contributed by atoms with Gasteiger partial charge >= 0.3 is 0 Å². The summed E-state index contributed by atoms with van der Waals surface area (Å²) in [5, 5.41) is 4.12. The molecule has 4 heterocycles. The van der Waals surface area contributed by atoms with Crippen molar-refractivity contribution < 1.29 is 13.5 Å². The van der Waals surface area contributed by atoms with Crippen molar-refractivity contribution in [3.63, 3.8) is 0 Å². The maximum absolute atomic E-state index is 15.1. The van der Waals surface area contributed by atoms with E-state index < -0.39 is 11.6 Å². The van der Waals surface area contributed by atoms with Crippen molar-refractivity contribution in [3.05, 3.63) is 77.1 Å². The number of hydrogen-bond donors (Lipinski definition) is 1. The van der Waals surface area contributed by atoms with Crippen molar-refractivity contribution in [2.75, 3.05) is 58.8 Å². The highest BCUT2D eigenvalue weighted by molar-refractivity contribution is 5.79. The molecule has 10 heteroatoms. The molecule has 2 aromatic carbocycles. The van der Waals surface area contributed by atoms with Crippen LogP contribution >= 0.6 is 0 Å². The lowest BCUT2D eigenvalue weighted by Crippen LogP contribution is -2.36. The molecule has 41 heavy (non-hydrogen) atoms. The molecule has 0 amide bonds. The van der Waals surface area contributed by atoms with Crippen LogP contribution in [0.25, 0.3) is 16.7 Å². The molecule has 2 fully saturated rings. The summed E-state index contributed by atoms with van der Waals surface area (Å²) in [5.74, 6) is -0.711. The van der Waals surface area contributed by atoms with Crippen LogP contribution in [0.5, 0.6) is 0 Å². The Labute approximate surface area is 239 Å². The first-order valence-corrected chi connectivity index (χ1v) is 14.2. The summed E-state index contributed by atoms with van der Waals surface area (Å²) in [6.45, 7) is 7.88. The third-order valence-electron chi connectivity index (χ3n) is 8.29. The van der Waals surface area contributed by atoms with Crippen molar-refractivity contribution in [2.24, 2.45) is 0 Å². The summed E-state index contributed by atoms with van der Waals surface area (Å²) in [6.07, 6.45) is 4.67. The number of nitrogens with zero attached hydrogens (tertiary/aromatic N) is 6. The number of morpholine rings is 1. The predicted octanol–water partition coefficient (Wildman–Crippen LogP) is 4.72. The van der Waals surface area contributed by atoms with Gasteiger partial charge in [-0.15, -0.1) is 0 Å². The van der Waals surface area contributed by atoms with E-state index in [0.717, 1.165) is 30.7 Å². The Kier molecular flexibility index (Phi) is 7.99. The lowest BCUT2D eigenvalue weighted by molar-refractivity contribution is 0.0332. The Bertz CT molecular complexity index is 1510. The number of nitrogens with one attached hydrogen (secondary N) is 1. The Balaban J connectivity index is 1.21. The second-order valence-electron chi connectivity index (χ2n) is 11.3. The van der Waals surface area contributed by atoms with Gasteiger partial charge in [-0.3, -0.25) is 9.80 Å². The molecule has 6 rings (SSSR count). The van der Waals surface area contributed by atoms with Crippen LogP contribution in [-0.4, -0.2) is 88.8 Å². The first kappa shape index (κ1) is 27.7. The Morgan fingerprint density at radius 3 is 2.51 bits per heavy atom. The SMILES string of the molecule is Cc1ccc(Nc2ncc3ccn(-c4cc(F)c(CN5CCOCC5)c(F)c4)c3n2)cc1CN1CCC(N(C)C)C1. The minimum absolute atomic E-state index is 0.0745. The van der Waals surface area contributed by atoms with Crippen LogP contribution in [-0.2, 0) is 17.8 Å². The second-order valence-corrected chi connectivity index (χ2v) is 11.3. The van der Waals surface area contributed by atoms with Crippen LogP contribution in [0.15, 0.2) is 48.8 Å². The first-order chi connectivity index (χ1) is 19.8. The molecule has 2 saturated heterocycles. The number of halogens is 2. The Hall–Kier alpha value is -3.44. The van der Waals surface area contributed by atoms with Crippen molar-refractivity contribution in [3.8, 4) is 5.69 Å². The van der Waals surface area contributed by atoms with Gasteiger partial charge in [-0.2, -0.15) is 4.98 Å². The van der Waals surface area contributed by atoms with Gasteiger partial charge in [0.05, 0.1) is 18.9 Å². The highest BCUT2D eigenvalue weighted by Crippen LogP contribution is 2.26.